The number of nitrogens with zero attached hydrogens (tertiary/aromatic N) is 2. The van der Waals surface area contributed by atoms with E-state index >= 15 is 0 Å². The van der Waals surface area contributed by atoms with Gasteiger partial charge in [-0.05, 0) is 46.6 Å². The molecule has 0 amide bonds. The molecule has 0 radical (unpaired) electrons. The zero-order valence-electron chi connectivity index (χ0n) is 11.2. The standard InChI is InChI=1S/C14H12BrClN4S/c1-2-8-6-9-12(19-14(17)20-13(9)21-8)18-11-5-7(16)3-4-10(11)15/h3-6H,2H2,1H3,(H3,17,18,19,20). The Labute approximate surface area is 139 Å². The van der Waals surface area contributed by atoms with Crippen LogP contribution in [0.2, 0.25) is 5.02 Å². The highest BCUT2D eigenvalue weighted by molar-refractivity contribution is 9.10. The molecule has 0 atom stereocenters. The molecule has 0 saturated carbocycles. The Morgan fingerprint density at radius 3 is 2.90 bits per heavy atom. The average Bonchev–Trinajstić information content (AvgIpc) is 2.86. The predicted molar refractivity (Wildman–Crippen MR) is 93.6 cm³/mol. The lowest BCUT2D eigenvalue weighted by molar-refractivity contribution is 1.19. The summed E-state index contributed by atoms with van der Waals surface area (Å²) in [6, 6.07) is 7.64. The highest BCUT2D eigenvalue weighted by atomic mass is 79.9. The van der Waals surface area contributed by atoms with Gasteiger partial charge in [0.2, 0.25) is 5.95 Å². The summed E-state index contributed by atoms with van der Waals surface area (Å²) >= 11 is 11.2. The van der Waals surface area contributed by atoms with Crippen molar-refractivity contribution >= 4 is 66.5 Å². The molecule has 3 aromatic rings. The van der Waals surface area contributed by atoms with Crippen molar-refractivity contribution in [2.75, 3.05) is 11.1 Å². The van der Waals surface area contributed by atoms with E-state index in [1.54, 1.807) is 11.3 Å². The van der Waals surface area contributed by atoms with Gasteiger partial charge in [-0.1, -0.05) is 18.5 Å². The Morgan fingerprint density at radius 2 is 2.14 bits per heavy atom. The second-order valence-corrected chi connectivity index (χ2v) is 6.87. The third-order valence-electron chi connectivity index (χ3n) is 2.99. The van der Waals surface area contributed by atoms with Crippen LogP contribution >= 0.6 is 38.9 Å². The number of aryl methyl sites for hydroxylation is 1. The number of thiophene rings is 1. The van der Waals surface area contributed by atoms with Crippen molar-refractivity contribution in [3.8, 4) is 0 Å². The molecule has 0 bridgehead atoms. The number of aromatic nitrogens is 2. The third kappa shape index (κ3) is 2.97. The summed E-state index contributed by atoms with van der Waals surface area (Å²) in [4.78, 5) is 10.7. The molecular formula is C14H12BrClN4S. The summed E-state index contributed by atoms with van der Waals surface area (Å²) in [5.74, 6) is 0.948. The van der Waals surface area contributed by atoms with Crippen molar-refractivity contribution in [2.45, 2.75) is 13.3 Å². The molecule has 0 spiro atoms. The lowest BCUT2D eigenvalue weighted by Gasteiger charge is -2.09. The van der Waals surface area contributed by atoms with Crippen LogP contribution in [0.1, 0.15) is 11.8 Å². The van der Waals surface area contributed by atoms with Crippen LogP contribution in [0.5, 0.6) is 0 Å². The van der Waals surface area contributed by atoms with Crippen LogP contribution in [0, 0.1) is 0 Å². The molecule has 0 aliphatic rings. The zero-order chi connectivity index (χ0) is 15.0. The second-order valence-electron chi connectivity index (χ2n) is 4.46. The highest BCUT2D eigenvalue weighted by Crippen LogP contribution is 2.34. The van der Waals surface area contributed by atoms with Gasteiger partial charge in [-0.3, -0.25) is 0 Å². The van der Waals surface area contributed by atoms with Crippen molar-refractivity contribution in [1.82, 2.24) is 9.97 Å². The van der Waals surface area contributed by atoms with Crippen LogP contribution in [0.3, 0.4) is 0 Å². The van der Waals surface area contributed by atoms with Crippen molar-refractivity contribution in [2.24, 2.45) is 0 Å². The Bertz CT molecular complexity index is 818. The second kappa shape index (κ2) is 5.79. The monoisotopic (exact) mass is 382 g/mol. The van der Waals surface area contributed by atoms with E-state index in [0.717, 1.165) is 26.8 Å². The molecule has 7 heteroatoms. The predicted octanol–water partition coefficient (Wildman–Crippen LogP) is 5.00. The molecule has 2 heterocycles. The van der Waals surface area contributed by atoms with E-state index in [2.05, 4.69) is 44.2 Å². The Morgan fingerprint density at radius 1 is 1.33 bits per heavy atom. The smallest absolute Gasteiger partial charge is 0.223 e. The number of halogens is 2. The molecule has 0 unspecified atom stereocenters. The van der Waals surface area contributed by atoms with Gasteiger partial charge in [0.15, 0.2) is 0 Å². The zero-order valence-corrected chi connectivity index (χ0v) is 14.3. The van der Waals surface area contributed by atoms with Crippen LogP contribution < -0.4 is 11.1 Å². The van der Waals surface area contributed by atoms with Crippen molar-refractivity contribution in [1.29, 1.82) is 0 Å². The van der Waals surface area contributed by atoms with Gasteiger partial charge in [0.1, 0.15) is 10.6 Å². The van der Waals surface area contributed by atoms with Gasteiger partial charge in [0.25, 0.3) is 0 Å². The summed E-state index contributed by atoms with van der Waals surface area (Å²) in [6.07, 6.45) is 0.960. The summed E-state index contributed by atoms with van der Waals surface area (Å²) in [6.45, 7) is 2.11. The summed E-state index contributed by atoms with van der Waals surface area (Å²) < 4.78 is 0.906. The van der Waals surface area contributed by atoms with Gasteiger partial charge in [0.05, 0.1) is 11.1 Å². The molecule has 2 aromatic heterocycles. The lowest BCUT2D eigenvalue weighted by Crippen LogP contribution is -2.00. The van der Waals surface area contributed by atoms with E-state index in [1.807, 2.05) is 18.2 Å². The molecule has 0 aliphatic carbocycles. The SMILES string of the molecule is CCc1cc2c(Nc3cc(Cl)ccc3Br)nc(N)nc2s1. The van der Waals surface area contributed by atoms with Crippen LogP contribution in [0.4, 0.5) is 17.5 Å². The van der Waals surface area contributed by atoms with Crippen LogP contribution in [0.15, 0.2) is 28.7 Å². The molecule has 3 N–H and O–H groups in total. The van der Waals surface area contributed by atoms with E-state index in [0.29, 0.717) is 10.8 Å². The topological polar surface area (TPSA) is 63.8 Å². The number of hydrogen-bond donors (Lipinski definition) is 2. The van der Waals surface area contributed by atoms with Gasteiger partial charge in [-0.25, -0.2) is 4.98 Å². The van der Waals surface area contributed by atoms with Crippen LogP contribution in [0.25, 0.3) is 10.2 Å². The van der Waals surface area contributed by atoms with Crippen molar-refractivity contribution in [3.05, 3.63) is 38.6 Å². The maximum atomic E-state index is 6.04. The van der Waals surface area contributed by atoms with E-state index in [4.69, 9.17) is 17.3 Å². The minimum Gasteiger partial charge on any atom is -0.368 e. The first kappa shape index (κ1) is 14.6. The van der Waals surface area contributed by atoms with Gasteiger partial charge in [-0.2, -0.15) is 4.98 Å². The van der Waals surface area contributed by atoms with Gasteiger partial charge in [0, 0.05) is 14.4 Å². The number of hydrogen-bond acceptors (Lipinski definition) is 5. The summed E-state index contributed by atoms with van der Waals surface area (Å²) in [5.41, 5.74) is 6.64. The molecule has 21 heavy (non-hydrogen) atoms. The molecular weight excluding hydrogens is 372 g/mol. The number of rotatable bonds is 3. The largest absolute Gasteiger partial charge is 0.368 e. The molecule has 0 saturated heterocycles. The summed E-state index contributed by atoms with van der Waals surface area (Å²) in [5, 5.41) is 4.90. The molecule has 4 nitrogen and oxygen atoms in total. The van der Waals surface area contributed by atoms with Crippen molar-refractivity contribution in [3.63, 3.8) is 0 Å². The number of nitrogens with one attached hydrogen (secondary N) is 1. The number of nitrogen functional groups attached to an aromatic ring is 1. The highest BCUT2D eigenvalue weighted by Gasteiger charge is 2.11. The first-order valence-electron chi connectivity index (χ1n) is 6.35. The fourth-order valence-corrected chi connectivity index (χ4v) is 3.47. The normalized spacial score (nSPS) is 11.0. The fourth-order valence-electron chi connectivity index (χ4n) is 1.98. The van der Waals surface area contributed by atoms with E-state index in [1.165, 1.54) is 4.88 Å². The Balaban J connectivity index is 2.11. The Kier molecular flexibility index (Phi) is 4.01. The molecule has 3 rings (SSSR count). The molecule has 1 aromatic carbocycles. The van der Waals surface area contributed by atoms with Crippen LogP contribution in [-0.4, -0.2) is 9.97 Å². The summed E-state index contributed by atoms with van der Waals surface area (Å²) in [7, 11) is 0. The maximum absolute atomic E-state index is 6.04. The Hall–Kier alpha value is -1.37. The lowest BCUT2D eigenvalue weighted by atomic mass is 10.3. The minimum atomic E-state index is 0.257. The first-order valence-corrected chi connectivity index (χ1v) is 8.33. The van der Waals surface area contributed by atoms with Crippen LogP contribution in [-0.2, 0) is 6.42 Å². The minimum absolute atomic E-state index is 0.257. The maximum Gasteiger partial charge on any atom is 0.223 e. The molecule has 0 fully saturated rings. The fraction of sp³-hybridized carbons (Fsp3) is 0.143. The number of benzene rings is 1. The van der Waals surface area contributed by atoms with Gasteiger partial charge in [-0.15, -0.1) is 11.3 Å². The molecule has 108 valence electrons. The number of anilines is 3. The first-order chi connectivity index (χ1) is 10.1. The number of fused-ring (bicyclic) bond motifs is 1. The third-order valence-corrected chi connectivity index (χ3v) is 5.09. The van der Waals surface area contributed by atoms with E-state index in [-0.39, 0.29) is 5.95 Å². The van der Waals surface area contributed by atoms with Gasteiger partial charge < -0.3 is 11.1 Å². The van der Waals surface area contributed by atoms with Crippen molar-refractivity contribution < 1.29 is 0 Å². The van der Waals surface area contributed by atoms with E-state index < -0.39 is 0 Å². The van der Waals surface area contributed by atoms with Gasteiger partial charge >= 0.3 is 0 Å². The number of nitrogens with two attached hydrogens (primary N) is 1. The molecule has 0 aliphatic heterocycles. The quantitative estimate of drug-likeness (QED) is 0.668. The average molecular weight is 384 g/mol. The van der Waals surface area contributed by atoms with E-state index in [9.17, 15) is 0 Å².